The normalized spacial score (nSPS) is 10.8. The molecule has 0 aliphatic heterocycles. The van der Waals surface area contributed by atoms with Gasteiger partial charge in [-0.15, -0.1) is 0 Å². The van der Waals surface area contributed by atoms with Crippen LogP contribution in [0.1, 0.15) is 11.3 Å². The maximum absolute atomic E-state index is 13.3. The van der Waals surface area contributed by atoms with Crippen LogP contribution >= 0.6 is 11.6 Å². The molecule has 0 unspecified atom stereocenters. The van der Waals surface area contributed by atoms with E-state index in [1.807, 2.05) is 0 Å². The molecule has 0 spiro atoms. The molecule has 0 radical (unpaired) electrons. The molecule has 1 heterocycles. The van der Waals surface area contributed by atoms with E-state index >= 15 is 0 Å². The number of halogens is 2. The van der Waals surface area contributed by atoms with Gasteiger partial charge in [0.1, 0.15) is 23.9 Å². The summed E-state index contributed by atoms with van der Waals surface area (Å²) >= 11 is 5.78. The number of anilines is 1. The third kappa shape index (κ3) is 6.20. The van der Waals surface area contributed by atoms with Crippen molar-refractivity contribution in [3.63, 3.8) is 0 Å². The van der Waals surface area contributed by atoms with E-state index in [1.54, 1.807) is 36.4 Å². The average Bonchev–Trinajstić information content (AvgIpc) is 3.27. The van der Waals surface area contributed by atoms with Gasteiger partial charge in [0.15, 0.2) is 0 Å². The second-order valence-corrected chi connectivity index (χ2v) is 6.94. The highest BCUT2D eigenvalue weighted by molar-refractivity contribution is 6.30. The van der Waals surface area contributed by atoms with Crippen LogP contribution in [-0.2, 0) is 16.1 Å². The monoisotopic (exact) mass is 442 g/mol. The molecule has 3 aromatic rings. The second-order valence-electron chi connectivity index (χ2n) is 6.53. The number of ether oxygens (including phenoxy) is 1. The minimum atomic E-state index is -0.544. The number of benzene rings is 2. The van der Waals surface area contributed by atoms with Gasteiger partial charge in [0.2, 0.25) is 11.8 Å². The fraction of sp³-hybridized carbons (Fsp3) is 0.130. The highest BCUT2D eigenvalue weighted by atomic mass is 35.5. The Labute approximate surface area is 183 Å². The van der Waals surface area contributed by atoms with E-state index in [0.29, 0.717) is 22.8 Å². The van der Waals surface area contributed by atoms with Crippen LogP contribution in [0.3, 0.4) is 0 Å². The van der Waals surface area contributed by atoms with Crippen molar-refractivity contribution in [3.05, 3.63) is 89.1 Å². The number of carbonyl (C=O) groups excluding carboxylic acids is 2. The van der Waals surface area contributed by atoms with Crippen LogP contribution in [0.2, 0.25) is 5.02 Å². The predicted octanol–water partition coefficient (Wildman–Crippen LogP) is 4.76. The Bertz CT molecular complexity index is 1080. The topological polar surface area (TPSA) is 71.8 Å². The van der Waals surface area contributed by atoms with E-state index in [0.717, 1.165) is 0 Å². The van der Waals surface area contributed by atoms with Gasteiger partial charge in [0.25, 0.3) is 0 Å². The van der Waals surface area contributed by atoms with Crippen LogP contribution in [0.4, 0.5) is 10.1 Å². The first-order valence-corrected chi connectivity index (χ1v) is 9.71. The van der Waals surface area contributed by atoms with Gasteiger partial charge in [0.05, 0.1) is 30.6 Å². The van der Waals surface area contributed by atoms with Gasteiger partial charge in [-0.3, -0.25) is 9.59 Å². The molecule has 0 saturated heterocycles. The van der Waals surface area contributed by atoms with E-state index < -0.39 is 17.6 Å². The molecule has 0 aliphatic carbocycles. The van der Waals surface area contributed by atoms with E-state index in [-0.39, 0.29) is 18.1 Å². The number of nitrogens with one attached hydrogen (secondary N) is 1. The summed E-state index contributed by atoms with van der Waals surface area (Å²) in [6.07, 6.45) is 4.28. The fourth-order valence-electron chi connectivity index (χ4n) is 2.80. The van der Waals surface area contributed by atoms with Crippen LogP contribution in [-0.4, -0.2) is 30.4 Å². The third-order valence-corrected chi connectivity index (χ3v) is 4.61. The molecule has 1 aromatic heterocycles. The zero-order chi connectivity index (χ0) is 22.2. The third-order valence-electron chi connectivity index (χ3n) is 4.32. The van der Waals surface area contributed by atoms with Crippen LogP contribution in [0, 0.1) is 5.82 Å². The molecule has 0 saturated carbocycles. The number of furan rings is 1. The van der Waals surface area contributed by atoms with Crippen molar-refractivity contribution >= 4 is 35.2 Å². The summed E-state index contributed by atoms with van der Waals surface area (Å²) in [5, 5.41) is 2.70. The zero-order valence-electron chi connectivity index (χ0n) is 16.7. The van der Waals surface area contributed by atoms with Gasteiger partial charge >= 0.3 is 0 Å². The SMILES string of the molecule is COc1ccccc1NC(=O)CN(Cc1ccco1)C(=O)/C=C/c1ccc(F)c(Cl)c1. The Balaban J connectivity index is 1.73. The summed E-state index contributed by atoms with van der Waals surface area (Å²) < 4.78 is 23.9. The van der Waals surface area contributed by atoms with Gasteiger partial charge in [-0.05, 0) is 48.0 Å². The molecule has 0 bridgehead atoms. The Hall–Kier alpha value is -3.58. The molecule has 8 heteroatoms. The maximum atomic E-state index is 13.3. The first kappa shape index (κ1) is 22.1. The number of carbonyl (C=O) groups is 2. The first-order valence-electron chi connectivity index (χ1n) is 9.33. The number of para-hydroxylation sites is 2. The molecule has 6 nitrogen and oxygen atoms in total. The number of amides is 2. The molecular weight excluding hydrogens is 423 g/mol. The molecule has 31 heavy (non-hydrogen) atoms. The Kier molecular flexibility index (Phi) is 7.45. The lowest BCUT2D eigenvalue weighted by atomic mass is 10.2. The van der Waals surface area contributed by atoms with Crippen molar-refractivity contribution in [2.45, 2.75) is 6.54 Å². The predicted molar refractivity (Wildman–Crippen MR) is 116 cm³/mol. The molecule has 0 aliphatic rings. The number of hydrogen-bond acceptors (Lipinski definition) is 4. The van der Waals surface area contributed by atoms with Crippen molar-refractivity contribution in [2.75, 3.05) is 19.0 Å². The molecule has 0 atom stereocenters. The lowest BCUT2D eigenvalue weighted by Gasteiger charge is -2.20. The Morgan fingerprint density at radius 1 is 1.19 bits per heavy atom. The highest BCUT2D eigenvalue weighted by Crippen LogP contribution is 2.23. The average molecular weight is 443 g/mol. The number of nitrogens with zero attached hydrogens (tertiary/aromatic N) is 1. The summed E-state index contributed by atoms with van der Waals surface area (Å²) in [5.74, 6) is -0.336. The van der Waals surface area contributed by atoms with Crippen molar-refractivity contribution in [1.29, 1.82) is 0 Å². The molecule has 0 fully saturated rings. The molecule has 160 valence electrons. The lowest BCUT2D eigenvalue weighted by molar-refractivity contribution is -0.131. The second kappa shape index (κ2) is 10.4. The van der Waals surface area contributed by atoms with Gasteiger partial charge < -0.3 is 19.4 Å². The summed E-state index contributed by atoms with van der Waals surface area (Å²) in [4.78, 5) is 26.7. The zero-order valence-corrected chi connectivity index (χ0v) is 17.4. The van der Waals surface area contributed by atoms with Gasteiger partial charge in [-0.25, -0.2) is 4.39 Å². The Morgan fingerprint density at radius 3 is 2.71 bits per heavy atom. The smallest absolute Gasteiger partial charge is 0.247 e. The molecular formula is C23H20ClFN2O4. The standard InChI is InChI=1S/C23H20ClFN2O4/c1-30-21-7-3-2-6-20(21)26-22(28)15-27(14-17-5-4-12-31-17)23(29)11-9-16-8-10-19(25)18(24)13-16/h2-13H,14-15H2,1H3,(H,26,28)/b11-9+. The van der Waals surface area contributed by atoms with E-state index in [2.05, 4.69) is 5.32 Å². The minimum absolute atomic E-state index is 0.0433. The Morgan fingerprint density at radius 2 is 2.00 bits per heavy atom. The summed E-state index contributed by atoms with van der Waals surface area (Å²) in [6.45, 7) is -0.119. The van der Waals surface area contributed by atoms with Crippen molar-refractivity contribution < 1.29 is 23.1 Å². The van der Waals surface area contributed by atoms with Crippen molar-refractivity contribution in [1.82, 2.24) is 4.90 Å². The van der Waals surface area contributed by atoms with E-state index in [4.69, 9.17) is 20.8 Å². The van der Waals surface area contributed by atoms with E-state index in [1.165, 1.54) is 48.6 Å². The van der Waals surface area contributed by atoms with Crippen molar-refractivity contribution in [3.8, 4) is 5.75 Å². The van der Waals surface area contributed by atoms with Crippen LogP contribution < -0.4 is 10.1 Å². The van der Waals surface area contributed by atoms with Crippen LogP contribution in [0.25, 0.3) is 6.08 Å². The molecule has 1 N–H and O–H groups in total. The number of hydrogen-bond donors (Lipinski definition) is 1. The van der Waals surface area contributed by atoms with E-state index in [9.17, 15) is 14.0 Å². The fourth-order valence-corrected chi connectivity index (χ4v) is 2.99. The lowest BCUT2D eigenvalue weighted by Crippen LogP contribution is -2.36. The molecule has 2 aromatic carbocycles. The minimum Gasteiger partial charge on any atom is -0.495 e. The summed E-state index contributed by atoms with van der Waals surface area (Å²) in [7, 11) is 1.50. The molecule has 3 rings (SSSR count). The molecule has 2 amide bonds. The van der Waals surface area contributed by atoms with Crippen LogP contribution in [0.15, 0.2) is 71.4 Å². The first-order chi connectivity index (χ1) is 15.0. The van der Waals surface area contributed by atoms with Crippen molar-refractivity contribution in [2.24, 2.45) is 0 Å². The summed E-state index contributed by atoms with van der Waals surface area (Å²) in [6, 6.07) is 14.5. The van der Waals surface area contributed by atoms with Gasteiger partial charge in [-0.1, -0.05) is 29.8 Å². The number of rotatable bonds is 8. The summed E-state index contributed by atoms with van der Waals surface area (Å²) in [5.41, 5.74) is 1.05. The largest absolute Gasteiger partial charge is 0.495 e. The number of methoxy groups -OCH3 is 1. The maximum Gasteiger partial charge on any atom is 0.247 e. The van der Waals surface area contributed by atoms with Crippen LogP contribution in [0.5, 0.6) is 5.75 Å². The van der Waals surface area contributed by atoms with Gasteiger partial charge in [0, 0.05) is 6.08 Å². The quantitative estimate of drug-likeness (QED) is 0.510. The highest BCUT2D eigenvalue weighted by Gasteiger charge is 2.18. The van der Waals surface area contributed by atoms with Gasteiger partial charge in [-0.2, -0.15) is 0 Å².